The van der Waals surface area contributed by atoms with E-state index in [9.17, 15) is 14.4 Å². The summed E-state index contributed by atoms with van der Waals surface area (Å²) in [4.78, 5) is 37.0. The molecule has 0 saturated heterocycles. The van der Waals surface area contributed by atoms with Gasteiger partial charge in [0.1, 0.15) is 5.75 Å². The van der Waals surface area contributed by atoms with Crippen LogP contribution in [0.15, 0.2) is 53.3 Å². The van der Waals surface area contributed by atoms with Gasteiger partial charge in [0.15, 0.2) is 5.69 Å². The van der Waals surface area contributed by atoms with E-state index in [4.69, 9.17) is 4.74 Å². The number of nitrogens with zero attached hydrogens (tertiary/aromatic N) is 2. The van der Waals surface area contributed by atoms with E-state index >= 15 is 0 Å². The molecule has 0 aliphatic rings. The van der Waals surface area contributed by atoms with Crippen LogP contribution in [-0.2, 0) is 11.3 Å². The van der Waals surface area contributed by atoms with Crippen LogP contribution in [0.25, 0.3) is 10.8 Å². The Bertz CT molecular complexity index is 1110. The van der Waals surface area contributed by atoms with Gasteiger partial charge in [0.2, 0.25) is 0 Å². The molecule has 0 unspecified atom stereocenters. The van der Waals surface area contributed by atoms with E-state index in [0.717, 1.165) is 0 Å². The van der Waals surface area contributed by atoms with Gasteiger partial charge >= 0.3 is 0 Å². The number of aryl methyl sites for hydroxylation is 1. The molecular weight excluding hydrogens is 374 g/mol. The Hall–Kier alpha value is -3.88. The van der Waals surface area contributed by atoms with Crippen molar-refractivity contribution < 1.29 is 14.3 Å². The van der Waals surface area contributed by atoms with Crippen molar-refractivity contribution in [3.8, 4) is 5.75 Å². The average Bonchev–Trinajstić information content (AvgIpc) is 2.76. The largest absolute Gasteiger partial charge is 0.497 e. The second-order valence-electron chi connectivity index (χ2n) is 6.10. The molecule has 0 aliphatic carbocycles. The molecular formula is C20H21N5O4. The molecule has 9 nitrogen and oxygen atoms in total. The van der Waals surface area contributed by atoms with Gasteiger partial charge in [-0.25, -0.2) is 4.68 Å². The fourth-order valence-electron chi connectivity index (χ4n) is 2.76. The smallest absolute Gasteiger partial charge is 0.290 e. The summed E-state index contributed by atoms with van der Waals surface area (Å²) in [7, 11) is 1.56. The van der Waals surface area contributed by atoms with Crippen molar-refractivity contribution in [1.82, 2.24) is 20.6 Å². The zero-order valence-electron chi connectivity index (χ0n) is 16.1. The molecule has 0 atom stereocenters. The number of ether oxygens (including phenoxy) is 1. The Kier molecular flexibility index (Phi) is 6.08. The monoisotopic (exact) mass is 395 g/mol. The number of aromatic nitrogens is 2. The van der Waals surface area contributed by atoms with Gasteiger partial charge in [-0.2, -0.15) is 5.10 Å². The topological polar surface area (TPSA) is 114 Å². The number of methoxy groups -OCH3 is 1. The molecule has 0 spiro atoms. The normalized spacial score (nSPS) is 10.4. The lowest BCUT2D eigenvalue weighted by Crippen LogP contribution is -2.45. The maximum Gasteiger partial charge on any atom is 0.290 e. The van der Waals surface area contributed by atoms with E-state index in [-0.39, 0.29) is 17.8 Å². The summed E-state index contributed by atoms with van der Waals surface area (Å²) in [6.07, 6.45) is 0. The summed E-state index contributed by atoms with van der Waals surface area (Å²) in [5, 5.41) is 7.86. The third-order valence-corrected chi connectivity index (χ3v) is 4.22. The summed E-state index contributed by atoms with van der Waals surface area (Å²) in [5.41, 5.74) is 5.17. The van der Waals surface area contributed by atoms with Crippen LogP contribution in [0, 0.1) is 0 Å². The first kappa shape index (κ1) is 19.9. The number of carbonyl (C=O) groups is 2. The standard InChI is InChI=1S/C20H21N5O4/c1-3-25-20(28)16-10-5-4-9-15(16)18(24-25)19(27)23-22-17(26)12-21-13-7-6-8-14(11-13)29-2/h4-11,21H,3,12H2,1-2H3,(H,22,26)(H,23,27). The van der Waals surface area contributed by atoms with E-state index in [0.29, 0.717) is 28.8 Å². The fourth-order valence-corrected chi connectivity index (χ4v) is 2.76. The number of rotatable bonds is 6. The van der Waals surface area contributed by atoms with Crippen molar-refractivity contribution in [1.29, 1.82) is 0 Å². The van der Waals surface area contributed by atoms with Crippen molar-refractivity contribution in [3.05, 3.63) is 64.6 Å². The molecule has 2 aromatic carbocycles. The Balaban J connectivity index is 1.67. The minimum Gasteiger partial charge on any atom is -0.497 e. The number of fused-ring (bicyclic) bond motifs is 1. The van der Waals surface area contributed by atoms with Gasteiger partial charge in [0.05, 0.1) is 19.0 Å². The summed E-state index contributed by atoms with van der Waals surface area (Å²) < 4.78 is 6.33. The number of nitrogens with one attached hydrogen (secondary N) is 3. The Labute approximate surface area is 166 Å². The van der Waals surface area contributed by atoms with Crippen LogP contribution in [0.5, 0.6) is 5.75 Å². The van der Waals surface area contributed by atoms with Crippen molar-refractivity contribution in [2.75, 3.05) is 19.0 Å². The number of benzene rings is 2. The minimum atomic E-state index is -0.613. The molecule has 2 amide bonds. The maximum atomic E-state index is 12.6. The van der Waals surface area contributed by atoms with Crippen LogP contribution in [0.2, 0.25) is 0 Å². The third-order valence-electron chi connectivity index (χ3n) is 4.22. The number of anilines is 1. The SMILES string of the molecule is CCn1nc(C(=O)NNC(=O)CNc2cccc(OC)c2)c2ccccc2c1=O. The molecule has 0 bridgehead atoms. The summed E-state index contributed by atoms with van der Waals surface area (Å²) in [6, 6.07) is 13.8. The highest BCUT2D eigenvalue weighted by atomic mass is 16.5. The van der Waals surface area contributed by atoms with Crippen LogP contribution in [0.4, 0.5) is 5.69 Å². The van der Waals surface area contributed by atoms with Gasteiger partial charge in [-0.1, -0.05) is 24.3 Å². The molecule has 1 heterocycles. The van der Waals surface area contributed by atoms with Gasteiger partial charge in [-0.05, 0) is 25.1 Å². The molecule has 3 N–H and O–H groups in total. The van der Waals surface area contributed by atoms with Crippen LogP contribution in [-0.4, -0.2) is 35.2 Å². The van der Waals surface area contributed by atoms with Crippen molar-refractivity contribution >= 4 is 28.3 Å². The highest BCUT2D eigenvalue weighted by Crippen LogP contribution is 2.16. The predicted octanol–water partition coefficient (Wildman–Crippen LogP) is 1.30. The molecule has 0 fully saturated rings. The molecule has 3 aromatic rings. The molecule has 0 aliphatic heterocycles. The van der Waals surface area contributed by atoms with Gasteiger partial charge in [0, 0.05) is 23.7 Å². The molecule has 9 heteroatoms. The molecule has 0 saturated carbocycles. The Morgan fingerprint density at radius 3 is 2.55 bits per heavy atom. The van der Waals surface area contributed by atoms with E-state index in [1.807, 2.05) is 0 Å². The van der Waals surface area contributed by atoms with Gasteiger partial charge in [-0.3, -0.25) is 25.2 Å². The molecule has 0 radical (unpaired) electrons. The van der Waals surface area contributed by atoms with Gasteiger partial charge in [-0.15, -0.1) is 0 Å². The first-order chi connectivity index (χ1) is 14.0. The highest BCUT2D eigenvalue weighted by Gasteiger charge is 2.16. The Morgan fingerprint density at radius 2 is 1.83 bits per heavy atom. The fraction of sp³-hybridized carbons (Fsp3) is 0.200. The zero-order valence-corrected chi connectivity index (χ0v) is 16.1. The molecule has 29 heavy (non-hydrogen) atoms. The Morgan fingerprint density at radius 1 is 1.07 bits per heavy atom. The maximum absolute atomic E-state index is 12.6. The summed E-state index contributed by atoms with van der Waals surface area (Å²) in [5.74, 6) is -0.403. The summed E-state index contributed by atoms with van der Waals surface area (Å²) in [6.45, 7) is 2.02. The number of amides is 2. The minimum absolute atomic E-state index is 0.0584. The summed E-state index contributed by atoms with van der Waals surface area (Å²) >= 11 is 0. The highest BCUT2D eigenvalue weighted by molar-refractivity contribution is 6.05. The van der Waals surface area contributed by atoms with E-state index in [1.54, 1.807) is 62.6 Å². The van der Waals surface area contributed by atoms with Crippen LogP contribution < -0.4 is 26.5 Å². The second-order valence-corrected chi connectivity index (χ2v) is 6.10. The lowest BCUT2D eigenvalue weighted by atomic mass is 10.1. The lowest BCUT2D eigenvalue weighted by molar-refractivity contribution is -0.120. The zero-order chi connectivity index (χ0) is 20.8. The first-order valence-corrected chi connectivity index (χ1v) is 9.00. The first-order valence-electron chi connectivity index (χ1n) is 9.00. The van der Waals surface area contributed by atoms with E-state index in [1.165, 1.54) is 4.68 Å². The quantitative estimate of drug-likeness (QED) is 0.542. The van der Waals surface area contributed by atoms with Crippen LogP contribution in [0.1, 0.15) is 17.4 Å². The predicted molar refractivity (Wildman–Crippen MR) is 109 cm³/mol. The van der Waals surface area contributed by atoms with E-state index in [2.05, 4.69) is 21.3 Å². The lowest BCUT2D eigenvalue weighted by Gasteiger charge is -2.12. The van der Waals surface area contributed by atoms with Gasteiger partial charge < -0.3 is 10.1 Å². The van der Waals surface area contributed by atoms with Crippen molar-refractivity contribution in [3.63, 3.8) is 0 Å². The molecule has 150 valence electrons. The number of hydrogen-bond acceptors (Lipinski definition) is 6. The van der Waals surface area contributed by atoms with Crippen molar-refractivity contribution in [2.45, 2.75) is 13.5 Å². The van der Waals surface area contributed by atoms with E-state index < -0.39 is 11.8 Å². The van der Waals surface area contributed by atoms with Crippen LogP contribution >= 0.6 is 0 Å². The number of carbonyl (C=O) groups excluding carboxylic acids is 2. The second kappa shape index (κ2) is 8.87. The van der Waals surface area contributed by atoms with Crippen molar-refractivity contribution in [2.24, 2.45) is 0 Å². The van der Waals surface area contributed by atoms with Gasteiger partial charge in [0.25, 0.3) is 17.4 Å². The molecule has 3 rings (SSSR count). The number of hydrazine groups is 1. The average molecular weight is 395 g/mol. The third kappa shape index (κ3) is 4.52. The number of hydrogen-bond donors (Lipinski definition) is 3. The molecule has 1 aromatic heterocycles. The van der Waals surface area contributed by atoms with Crippen LogP contribution in [0.3, 0.4) is 0 Å².